The highest BCUT2D eigenvalue weighted by Crippen LogP contribution is 2.29. The highest BCUT2D eigenvalue weighted by Gasteiger charge is 2.16. The van der Waals surface area contributed by atoms with Gasteiger partial charge >= 0.3 is 0 Å². The summed E-state index contributed by atoms with van der Waals surface area (Å²) in [4.78, 5) is 1.22. The lowest BCUT2D eigenvalue weighted by Crippen LogP contribution is -2.19. The van der Waals surface area contributed by atoms with Gasteiger partial charge in [0.25, 0.3) is 0 Å². The maximum Gasteiger partial charge on any atom is 0.128 e. The molecule has 0 saturated carbocycles. The van der Waals surface area contributed by atoms with Crippen LogP contribution in [-0.4, -0.2) is 7.05 Å². The molecule has 0 saturated heterocycles. The van der Waals surface area contributed by atoms with Crippen molar-refractivity contribution < 1.29 is 4.39 Å². The molecule has 1 unspecified atom stereocenters. The van der Waals surface area contributed by atoms with Crippen LogP contribution in [0.3, 0.4) is 0 Å². The lowest BCUT2D eigenvalue weighted by Gasteiger charge is -2.17. The molecular weight excluding hydrogens is 381 g/mol. The smallest absolute Gasteiger partial charge is 0.128 e. The van der Waals surface area contributed by atoms with E-state index in [1.54, 1.807) is 17.4 Å². The van der Waals surface area contributed by atoms with E-state index in [4.69, 9.17) is 0 Å². The van der Waals surface area contributed by atoms with Crippen molar-refractivity contribution in [3.63, 3.8) is 0 Å². The second-order valence-electron chi connectivity index (χ2n) is 3.92. The van der Waals surface area contributed by atoms with Gasteiger partial charge in [-0.05, 0) is 53.3 Å². The van der Waals surface area contributed by atoms with Crippen molar-refractivity contribution in [2.45, 2.75) is 12.5 Å². The number of hydrogen-bond donors (Lipinski definition) is 1. The first-order chi connectivity index (χ1) is 8.60. The molecule has 1 aromatic carbocycles. The lowest BCUT2D eigenvalue weighted by atomic mass is 10.0. The molecule has 0 bridgehead atoms. The first-order valence-electron chi connectivity index (χ1n) is 5.46. The number of halogens is 3. The van der Waals surface area contributed by atoms with Gasteiger partial charge in [0.2, 0.25) is 0 Å². The van der Waals surface area contributed by atoms with Crippen LogP contribution >= 0.6 is 43.2 Å². The molecule has 0 aliphatic rings. The van der Waals surface area contributed by atoms with E-state index in [0.717, 1.165) is 14.7 Å². The Morgan fingerprint density at radius 2 is 2.06 bits per heavy atom. The molecule has 0 fully saturated rings. The topological polar surface area (TPSA) is 12.0 Å². The van der Waals surface area contributed by atoms with Gasteiger partial charge in [-0.25, -0.2) is 4.39 Å². The minimum absolute atomic E-state index is 0.0203. The van der Waals surface area contributed by atoms with Crippen molar-refractivity contribution in [1.29, 1.82) is 0 Å². The summed E-state index contributed by atoms with van der Waals surface area (Å²) in [6.45, 7) is 0. The molecule has 1 aromatic heterocycles. The van der Waals surface area contributed by atoms with Crippen molar-refractivity contribution in [2.75, 3.05) is 7.05 Å². The molecule has 1 atom stereocenters. The van der Waals surface area contributed by atoms with E-state index in [1.165, 1.54) is 10.9 Å². The van der Waals surface area contributed by atoms with Gasteiger partial charge in [0.05, 0.1) is 3.79 Å². The summed E-state index contributed by atoms with van der Waals surface area (Å²) in [7, 11) is 1.85. The number of rotatable bonds is 4. The number of nitrogens with one attached hydrogen (secondary N) is 1. The fourth-order valence-corrected chi connectivity index (χ4v) is 3.72. The molecule has 2 aromatic rings. The Morgan fingerprint density at radius 3 is 2.67 bits per heavy atom. The van der Waals surface area contributed by atoms with Gasteiger partial charge in [-0.1, -0.05) is 15.9 Å². The largest absolute Gasteiger partial charge is 0.313 e. The molecule has 1 nitrogen and oxygen atoms in total. The number of likely N-dealkylation sites (N-methyl/N-ethyl adjacent to an activating group) is 1. The fourth-order valence-electron chi connectivity index (χ4n) is 1.81. The highest BCUT2D eigenvalue weighted by atomic mass is 79.9. The van der Waals surface area contributed by atoms with Crippen molar-refractivity contribution >= 4 is 43.2 Å². The first-order valence-corrected chi connectivity index (χ1v) is 7.87. The lowest BCUT2D eigenvalue weighted by molar-refractivity contribution is 0.536. The molecule has 1 N–H and O–H groups in total. The molecule has 0 aliphatic carbocycles. The average Bonchev–Trinajstić information content (AvgIpc) is 2.75. The zero-order valence-electron chi connectivity index (χ0n) is 9.71. The van der Waals surface area contributed by atoms with Gasteiger partial charge in [-0.2, -0.15) is 0 Å². The summed E-state index contributed by atoms with van der Waals surface area (Å²) in [5, 5.41) is 3.17. The van der Waals surface area contributed by atoms with Crippen LogP contribution in [0, 0.1) is 5.82 Å². The molecule has 5 heteroatoms. The van der Waals surface area contributed by atoms with E-state index in [2.05, 4.69) is 43.2 Å². The Balaban J connectivity index is 2.25. The van der Waals surface area contributed by atoms with Crippen molar-refractivity contribution in [1.82, 2.24) is 5.32 Å². The first kappa shape index (κ1) is 14.2. The number of hydrogen-bond acceptors (Lipinski definition) is 2. The van der Waals surface area contributed by atoms with Gasteiger partial charge < -0.3 is 5.32 Å². The molecule has 0 aliphatic heterocycles. The van der Waals surface area contributed by atoms with Crippen LogP contribution in [0.15, 0.2) is 38.6 Å². The molecule has 96 valence electrons. The molecule has 0 amide bonds. The predicted molar refractivity (Wildman–Crippen MR) is 81.6 cm³/mol. The SMILES string of the molecule is CNC(Cc1ccc(Br)s1)c1cc(Br)ccc1F. The standard InChI is InChI=1S/C13H12Br2FNS/c1-17-12(7-9-3-5-13(15)18-9)10-6-8(14)2-4-11(10)16/h2-6,12,17H,7H2,1H3. The van der Waals surface area contributed by atoms with Gasteiger partial charge in [-0.3, -0.25) is 0 Å². The average molecular weight is 393 g/mol. The summed E-state index contributed by atoms with van der Waals surface area (Å²) in [6, 6.07) is 9.10. The second kappa shape index (κ2) is 6.28. The van der Waals surface area contributed by atoms with Crippen LogP contribution in [0.25, 0.3) is 0 Å². The third kappa shape index (κ3) is 3.41. The summed E-state index contributed by atoms with van der Waals surface area (Å²) < 4.78 is 15.8. The van der Waals surface area contributed by atoms with Gasteiger partial charge in [-0.15, -0.1) is 11.3 Å². The number of benzene rings is 1. The van der Waals surface area contributed by atoms with Crippen LogP contribution in [0.5, 0.6) is 0 Å². The van der Waals surface area contributed by atoms with Crippen LogP contribution in [0.4, 0.5) is 4.39 Å². The van der Waals surface area contributed by atoms with E-state index in [-0.39, 0.29) is 11.9 Å². The fraction of sp³-hybridized carbons (Fsp3) is 0.231. The molecule has 0 spiro atoms. The highest BCUT2D eigenvalue weighted by molar-refractivity contribution is 9.11. The minimum Gasteiger partial charge on any atom is -0.313 e. The minimum atomic E-state index is -0.173. The van der Waals surface area contributed by atoms with Gasteiger partial charge in [0.1, 0.15) is 5.82 Å². The van der Waals surface area contributed by atoms with Crippen LogP contribution < -0.4 is 5.32 Å². The summed E-state index contributed by atoms with van der Waals surface area (Å²) in [5.41, 5.74) is 0.691. The Hall–Kier alpha value is -0.230. The molecular formula is C13H12Br2FNS. The van der Waals surface area contributed by atoms with Crippen LogP contribution in [-0.2, 0) is 6.42 Å². The maximum atomic E-state index is 13.8. The van der Waals surface area contributed by atoms with Crippen molar-refractivity contribution in [3.8, 4) is 0 Å². The van der Waals surface area contributed by atoms with Crippen molar-refractivity contribution in [3.05, 3.63) is 54.8 Å². The Bertz CT molecular complexity index is 542. The second-order valence-corrected chi connectivity index (χ2v) is 7.38. The van der Waals surface area contributed by atoms with Crippen LogP contribution in [0.2, 0.25) is 0 Å². The summed E-state index contributed by atoms with van der Waals surface area (Å²) in [6.07, 6.45) is 0.778. The number of thiophene rings is 1. The zero-order chi connectivity index (χ0) is 13.1. The van der Waals surface area contributed by atoms with E-state index < -0.39 is 0 Å². The maximum absolute atomic E-state index is 13.8. The van der Waals surface area contributed by atoms with Crippen molar-refractivity contribution in [2.24, 2.45) is 0 Å². The normalized spacial score (nSPS) is 12.7. The van der Waals surface area contributed by atoms with Crippen LogP contribution in [0.1, 0.15) is 16.5 Å². The predicted octanol–water partition coefficient (Wildman–Crippen LogP) is 4.92. The van der Waals surface area contributed by atoms with Gasteiger partial charge in [0.15, 0.2) is 0 Å². The van der Waals surface area contributed by atoms with Gasteiger partial charge in [0, 0.05) is 27.4 Å². The third-order valence-electron chi connectivity index (χ3n) is 2.72. The van der Waals surface area contributed by atoms with E-state index in [1.807, 2.05) is 19.2 Å². The Labute approximate surface area is 127 Å². The molecule has 0 radical (unpaired) electrons. The Kier molecular flexibility index (Phi) is 4.95. The summed E-state index contributed by atoms with van der Waals surface area (Å²) >= 11 is 8.51. The van der Waals surface area contributed by atoms with E-state index >= 15 is 0 Å². The Morgan fingerprint density at radius 1 is 1.28 bits per heavy atom. The molecule has 18 heavy (non-hydrogen) atoms. The summed E-state index contributed by atoms with van der Waals surface area (Å²) in [5.74, 6) is -0.173. The molecule has 1 heterocycles. The monoisotopic (exact) mass is 391 g/mol. The molecule has 2 rings (SSSR count). The zero-order valence-corrected chi connectivity index (χ0v) is 13.7. The third-order valence-corrected chi connectivity index (χ3v) is 4.86. The van der Waals surface area contributed by atoms with E-state index in [9.17, 15) is 4.39 Å². The quantitative estimate of drug-likeness (QED) is 0.778. The van der Waals surface area contributed by atoms with E-state index in [0.29, 0.717) is 5.56 Å².